The van der Waals surface area contributed by atoms with Crippen LogP contribution in [0.4, 0.5) is 0 Å². The quantitative estimate of drug-likeness (QED) is 0.490. The Morgan fingerprint density at radius 3 is 1.47 bits per heavy atom. The van der Waals surface area contributed by atoms with Gasteiger partial charge in [0.05, 0.1) is 0 Å². The Labute approximate surface area is 125 Å². The second-order valence-corrected chi connectivity index (χ2v) is 3.20. The Balaban J connectivity index is -0.000000121. The van der Waals surface area contributed by atoms with E-state index in [1.54, 1.807) is 5.57 Å². The maximum Gasteiger partial charge on any atom is -0.0170 e. The molecule has 0 heterocycles. The molecule has 0 aromatic heterocycles. The van der Waals surface area contributed by atoms with Crippen LogP contribution in [-0.2, 0) is 0 Å². The normalized spacial score (nSPS) is 11.2. The summed E-state index contributed by atoms with van der Waals surface area (Å²) in [6.45, 7) is 20.6. The minimum Gasteiger partial charge on any atom is -0.0840 e. The Morgan fingerprint density at radius 1 is 0.789 bits per heavy atom. The molecule has 0 aromatic carbocycles. The smallest absolute Gasteiger partial charge is 0.0170 e. The van der Waals surface area contributed by atoms with Crippen molar-refractivity contribution in [3.05, 3.63) is 23.8 Å². The van der Waals surface area contributed by atoms with E-state index >= 15 is 0 Å². The molecule has 0 N–H and O–H groups in total. The van der Waals surface area contributed by atoms with Crippen molar-refractivity contribution in [2.75, 3.05) is 0 Å². The summed E-state index contributed by atoms with van der Waals surface area (Å²) in [5, 5.41) is 0. The monoisotopic (exact) mass is 270 g/mol. The van der Waals surface area contributed by atoms with Crippen LogP contribution in [0.3, 0.4) is 0 Å². The van der Waals surface area contributed by atoms with E-state index in [1.165, 1.54) is 25.7 Å². The summed E-state index contributed by atoms with van der Waals surface area (Å²) in [5.74, 6) is 0.812. The van der Waals surface area contributed by atoms with Gasteiger partial charge in [0.25, 0.3) is 0 Å². The van der Waals surface area contributed by atoms with Crippen LogP contribution in [0, 0.1) is 5.92 Å². The molecule has 0 spiro atoms. The van der Waals surface area contributed by atoms with Crippen LogP contribution in [0.25, 0.3) is 0 Å². The van der Waals surface area contributed by atoms with Gasteiger partial charge in [-0.25, -0.2) is 0 Å². The van der Waals surface area contributed by atoms with E-state index in [4.69, 9.17) is 0 Å². The average Bonchev–Trinajstić information content (AvgIpc) is 2.57. The minimum absolute atomic E-state index is 0.812. The lowest BCUT2D eigenvalue weighted by Gasteiger charge is -2.15. The molecule has 0 saturated carbocycles. The van der Waals surface area contributed by atoms with E-state index in [2.05, 4.69) is 32.1 Å². The summed E-state index contributed by atoms with van der Waals surface area (Å²) in [7, 11) is 0. The largest absolute Gasteiger partial charge is 0.0840 e. The number of rotatable bonds is 3. The molecule has 19 heavy (non-hydrogen) atoms. The standard InChI is InChI=1S/C11H18.4C2H6/c1-3-10(4-2)11-8-6-5-7-9-11;4*1-2/h6,8-10H,3-5,7H2,1-2H3;4*1-2H3. The molecular weight excluding hydrogens is 228 g/mol. The van der Waals surface area contributed by atoms with E-state index in [9.17, 15) is 0 Å². The maximum absolute atomic E-state index is 2.40. The summed E-state index contributed by atoms with van der Waals surface area (Å²) in [4.78, 5) is 0. The predicted octanol–water partition coefficient (Wildman–Crippen LogP) is 7.80. The lowest BCUT2D eigenvalue weighted by atomic mass is 9.90. The fourth-order valence-corrected chi connectivity index (χ4v) is 1.70. The first-order valence-corrected chi connectivity index (χ1v) is 8.75. The van der Waals surface area contributed by atoms with E-state index in [0.29, 0.717) is 0 Å². The topological polar surface area (TPSA) is 0 Å². The van der Waals surface area contributed by atoms with Gasteiger partial charge < -0.3 is 0 Å². The van der Waals surface area contributed by atoms with E-state index in [-0.39, 0.29) is 0 Å². The van der Waals surface area contributed by atoms with E-state index < -0.39 is 0 Å². The van der Waals surface area contributed by atoms with Crippen LogP contribution in [0.5, 0.6) is 0 Å². The number of allylic oxidation sites excluding steroid dienone is 4. The molecule has 0 radical (unpaired) electrons. The highest BCUT2D eigenvalue weighted by Crippen LogP contribution is 2.23. The molecule has 0 amide bonds. The molecule has 1 rings (SSSR count). The van der Waals surface area contributed by atoms with Crippen LogP contribution in [0.2, 0.25) is 0 Å². The van der Waals surface area contributed by atoms with Crippen molar-refractivity contribution in [2.45, 2.75) is 94.9 Å². The summed E-state index contributed by atoms with van der Waals surface area (Å²) in [6, 6.07) is 0. The van der Waals surface area contributed by atoms with Crippen LogP contribution < -0.4 is 0 Å². The van der Waals surface area contributed by atoms with Crippen molar-refractivity contribution in [3.63, 3.8) is 0 Å². The van der Waals surface area contributed by atoms with Gasteiger partial charge in [-0.3, -0.25) is 0 Å². The molecule has 118 valence electrons. The van der Waals surface area contributed by atoms with Gasteiger partial charge in [-0.2, -0.15) is 0 Å². The Hall–Kier alpha value is -0.520. The van der Waals surface area contributed by atoms with Crippen molar-refractivity contribution < 1.29 is 0 Å². The summed E-state index contributed by atoms with van der Waals surface area (Å²) in [6.07, 6.45) is 12.1. The Bertz CT molecular complexity index is 159. The van der Waals surface area contributed by atoms with Crippen LogP contribution in [0.1, 0.15) is 94.9 Å². The SMILES string of the molecule is CC.CC.CC.CC.CCC(CC)C1=CCCC=C1. The van der Waals surface area contributed by atoms with Gasteiger partial charge in [0.15, 0.2) is 0 Å². The van der Waals surface area contributed by atoms with Crippen molar-refractivity contribution in [1.29, 1.82) is 0 Å². The summed E-state index contributed by atoms with van der Waals surface area (Å²) >= 11 is 0. The highest BCUT2D eigenvalue weighted by Gasteiger charge is 2.07. The molecule has 0 heteroatoms. The first-order chi connectivity index (χ1) is 9.38. The third kappa shape index (κ3) is 17.5. The lowest BCUT2D eigenvalue weighted by molar-refractivity contribution is 0.578. The van der Waals surface area contributed by atoms with Crippen molar-refractivity contribution >= 4 is 0 Å². The molecule has 0 nitrogen and oxygen atoms in total. The molecular formula is C19H42. The van der Waals surface area contributed by atoms with Crippen molar-refractivity contribution in [2.24, 2.45) is 5.92 Å². The third-order valence-electron chi connectivity index (χ3n) is 2.48. The maximum atomic E-state index is 2.40. The zero-order valence-electron chi connectivity index (χ0n) is 15.6. The minimum atomic E-state index is 0.812. The van der Waals surface area contributed by atoms with Crippen molar-refractivity contribution in [1.82, 2.24) is 0 Å². The number of hydrogen-bond acceptors (Lipinski definition) is 0. The molecule has 1 aliphatic carbocycles. The second-order valence-electron chi connectivity index (χ2n) is 3.20. The average molecular weight is 271 g/mol. The second kappa shape index (κ2) is 30.5. The highest BCUT2D eigenvalue weighted by molar-refractivity contribution is 5.24. The number of hydrogen-bond donors (Lipinski definition) is 0. The molecule has 0 unspecified atom stereocenters. The van der Waals surface area contributed by atoms with Gasteiger partial charge in [0.2, 0.25) is 0 Å². The molecule has 0 atom stereocenters. The molecule has 0 bridgehead atoms. The zero-order valence-corrected chi connectivity index (χ0v) is 15.6. The first kappa shape index (κ1) is 26.9. The fraction of sp³-hybridized carbons (Fsp3) is 0.789. The third-order valence-corrected chi connectivity index (χ3v) is 2.48. The summed E-state index contributed by atoms with van der Waals surface area (Å²) < 4.78 is 0. The molecule has 0 aromatic rings. The van der Waals surface area contributed by atoms with E-state index in [0.717, 1.165) is 5.92 Å². The fourth-order valence-electron chi connectivity index (χ4n) is 1.70. The molecule has 0 aliphatic heterocycles. The van der Waals surface area contributed by atoms with Gasteiger partial charge in [-0.15, -0.1) is 0 Å². The highest BCUT2D eigenvalue weighted by atomic mass is 14.1. The molecule has 0 saturated heterocycles. The van der Waals surface area contributed by atoms with Gasteiger partial charge >= 0.3 is 0 Å². The van der Waals surface area contributed by atoms with Gasteiger partial charge in [-0.1, -0.05) is 87.5 Å². The zero-order chi connectivity index (χ0) is 16.1. The van der Waals surface area contributed by atoms with Gasteiger partial charge in [0, 0.05) is 0 Å². The van der Waals surface area contributed by atoms with Gasteiger partial charge in [0.1, 0.15) is 0 Å². The lowest BCUT2D eigenvalue weighted by Crippen LogP contribution is -2.00. The van der Waals surface area contributed by atoms with Gasteiger partial charge in [-0.05, 0) is 37.2 Å². The summed E-state index contributed by atoms with van der Waals surface area (Å²) in [5.41, 5.74) is 1.57. The molecule has 1 aliphatic rings. The predicted molar refractivity (Wildman–Crippen MR) is 95.9 cm³/mol. The molecule has 0 fully saturated rings. The van der Waals surface area contributed by atoms with Crippen LogP contribution in [0.15, 0.2) is 23.8 Å². The van der Waals surface area contributed by atoms with Crippen LogP contribution >= 0.6 is 0 Å². The van der Waals surface area contributed by atoms with E-state index in [1.807, 2.05) is 55.4 Å². The van der Waals surface area contributed by atoms with Crippen LogP contribution in [-0.4, -0.2) is 0 Å². The van der Waals surface area contributed by atoms with Crippen molar-refractivity contribution in [3.8, 4) is 0 Å². The Morgan fingerprint density at radius 2 is 1.21 bits per heavy atom. The first-order valence-electron chi connectivity index (χ1n) is 8.75. The Kier molecular flexibility index (Phi) is 43.2.